The summed E-state index contributed by atoms with van der Waals surface area (Å²) in [6.45, 7) is 6.47. The van der Waals surface area contributed by atoms with Gasteiger partial charge < -0.3 is 14.4 Å². The summed E-state index contributed by atoms with van der Waals surface area (Å²) in [6, 6.07) is 13.0. The van der Waals surface area contributed by atoms with Crippen LogP contribution in [-0.4, -0.2) is 40.4 Å². The molecular formula is C23H27N2O6PS. The van der Waals surface area contributed by atoms with Crippen molar-refractivity contribution in [3.8, 4) is 17.2 Å². The summed E-state index contributed by atoms with van der Waals surface area (Å²) in [7, 11) is -2.18. The molecule has 8 nitrogen and oxygen atoms in total. The van der Waals surface area contributed by atoms with E-state index in [1.165, 1.54) is 23.4 Å². The van der Waals surface area contributed by atoms with Crippen molar-refractivity contribution >= 4 is 19.4 Å². The Morgan fingerprint density at radius 2 is 1.85 bits per heavy atom. The number of ether oxygens (including phenoxy) is 2. The highest BCUT2D eigenvalue weighted by Crippen LogP contribution is 2.42. The van der Waals surface area contributed by atoms with Crippen LogP contribution in [0.4, 0.5) is 0 Å². The lowest BCUT2D eigenvalue weighted by molar-refractivity contribution is 0.0423. The lowest BCUT2D eigenvalue weighted by Crippen LogP contribution is -2.31. The minimum atomic E-state index is -3.67. The third kappa shape index (κ3) is 6.95. The quantitative estimate of drug-likeness (QED) is 0.431. The minimum absolute atomic E-state index is 0.0215. The van der Waals surface area contributed by atoms with Crippen LogP contribution in [0.3, 0.4) is 0 Å². The van der Waals surface area contributed by atoms with Gasteiger partial charge in [0.15, 0.2) is 16.5 Å². The minimum Gasteiger partial charge on any atom is -0.493 e. The van der Waals surface area contributed by atoms with E-state index in [1.807, 2.05) is 31.2 Å². The van der Waals surface area contributed by atoms with E-state index in [0.29, 0.717) is 22.2 Å². The number of hydrogen-bond donors (Lipinski definition) is 1. The van der Waals surface area contributed by atoms with Crippen molar-refractivity contribution in [2.24, 2.45) is 0 Å². The number of aryl methyl sites for hydroxylation is 1. The van der Waals surface area contributed by atoms with Gasteiger partial charge in [0.05, 0.1) is 12.8 Å². The van der Waals surface area contributed by atoms with Crippen molar-refractivity contribution in [1.29, 1.82) is 0 Å². The first-order valence-electron chi connectivity index (χ1n) is 10.1. The smallest absolute Gasteiger partial charge is 0.325 e. The molecule has 1 N–H and O–H groups in total. The van der Waals surface area contributed by atoms with Crippen LogP contribution < -0.4 is 15.0 Å². The second-order valence-corrected chi connectivity index (χ2v) is 11.0. The predicted octanol–water partition coefficient (Wildman–Crippen LogP) is 4.69. The number of nitrogens with zero attached hydrogens (tertiary/aromatic N) is 2. The fraction of sp³-hybridized carbons (Fsp3) is 0.304. The molecule has 0 aliphatic heterocycles. The van der Waals surface area contributed by atoms with Gasteiger partial charge in [-0.1, -0.05) is 29.5 Å². The van der Waals surface area contributed by atoms with E-state index in [0.717, 1.165) is 17.1 Å². The molecule has 2 aromatic carbocycles. The molecule has 0 saturated carbocycles. The lowest BCUT2D eigenvalue weighted by atomic mass is 10.2. The fourth-order valence-corrected chi connectivity index (χ4v) is 4.81. The normalized spacial score (nSPS) is 13.4. The topological polar surface area (TPSA) is 99.9 Å². The zero-order valence-electron chi connectivity index (χ0n) is 19.1. The van der Waals surface area contributed by atoms with Crippen LogP contribution in [0.15, 0.2) is 69.6 Å². The number of hydrogen-bond acceptors (Lipinski definition) is 7. The van der Waals surface area contributed by atoms with Crippen LogP contribution in [0.1, 0.15) is 19.4 Å². The zero-order valence-corrected chi connectivity index (χ0v) is 20.9. The molecule has 3 rings (SSSR count). The predicted molar refractivity (Wildman–Crippen MR) is 128 cm³/mol. The van der Waals surface area contributed by atoms with Crippen molar-refractivity contribution in [3.63, 3.8) is 0 Å². The summed E-state index contributed by atoms with van der Waals surface area (Å²) in [5.74, 6) is 0.821. The average molecular weight is 491 g/mol. The summed E-state index contributed by atoms with van der Waals surface area (Å²) >= 11 is 1.30. The molecule has 33 heavy (non-hydrogen) atoms. The maximum Gasteiger partial charge on any atom is 0.325 e. The maximum absolute atomic E-state index is 13.1. The number of rotatable bonds is 9. The molecular weight excluding hydrogens is 463 g/mol. The third-order valence-corrected chi connectivity index (χ3v) is 6.28. The Hall–Kier alpha value is -2.58. The van der Waals surface area contributed by atoms with Crippen molar-refractivity contribution in [2.45, 2.75) is 36.3 Å². The highest BCUT2D eigenvalue weighted by Gasteiger charge is 2.28. The van der Waals surface area contributed by atoms with Gasteiger partial charge in [-0.3, -0.25) is 18.5 Å². The third-order valence-electron chi connectivity index (χ3n) is 4.46. The van der Waals surface area contributed by atoms with Crippen molar-refractivity contribution in [1.82, 2.24) is 9.55 Å². The number of methoxy groups -OCH3 is 1. The molecule has 0 bridgehead atoms. The average Bonchev–Trinajstić information content (AvgIpc) is 2.73. The molecule has 0 aliphatic rings. The van der Waals surface area contributed by atoms with Gasteiger partial charge in [-0.15, -0.1) is 0 Å². The van der Waals surface area contributed by atoms with E-state index in [4.69, 9.17) is 14.0 Å². The van der Waals surface area contributed by atoms with Crippen LogP contribution in [0, 0.1) is 6.92 Å². The molecule has 0 fully saturated rings. The molecule has 1 unspecified atom stereocenters. The first-order chi connectivity index (χ1) is 15.5. The summed E-state index contributed by atoms with van der Waals surface area (Å²) in [6.07, 6.45) is 3.17. The first kappa shape index (κ1) is 25.1. The standard InChI is InChI=1S/C23H27N2O6PS/c1-16-6-9-18(10-7-16)33-21-22(26)25(13-12-24-21)17-8-11-19(20(14-17)29-4)30-15-23(2,3)31-32(5,27)28/h6-14H,15H2,1-5H3,(H,27,28). The van der Waals surface area contributed by atoms with E-state index < -0.39 is 13.2 Å². The van der Waals surface area contributed by atoms with Crippen LogP contribution in [0.25, 0.3) is 5.69 Å². The van der Waals surface area contributed by atoms with E-state index in [9.17, 15) is 14.3 Å². The Kier molecular flexibility index (Phi) is 7.69. The first-order valence-corrected chi connectivity index (χ1v) is 13.0. The van der Waals surface area contributed by atoms with E-state index in [2.05, 4.69) is 4.98 Å². The molecule has 0 aliphatic carbocycles. The summed E-state index contributed by atoms with van der Waals surface area (Å²) < 4.78 is 29.5. The summed E-state index contributed by atoms with van der Waals surface area (Å²) in [5, 5.41) is 0.354. The molecule has 10 heteroatoms. The molecule has 0 spiro atoms. The van der Waals surface area contributed by atoms with Crippen molar-refractivity contribution in [3.05, 3.63) is 70.8 Å². The van der Waals surface area contributed by atoms with Gasteiger partial charge >= 0.3 is 7.60 Å². The number of benzene rings is 2. The molecule has 1 heterocycles. The number of aromatic nitrogens is 2. The van der Waals surface area contributed by atoms with E-state index in [-0.39, 0.29) is 12.2 Å². The highest BCUT2D eigenvalue weighted by molar-refractivity contribution is 7.99. The van der Waals surface area contributed by atoms with Gasteiger partial charge in [-0.2, -0.15) is 0 Å². The molecule has 0 saturated heterocycles. The van der Waals surface area contributed by atoms with E-state index in [1.54, 1.807) is 44.4 Å². The SMILES string of the molecule is COc1cc(-n2ccnc(Sc3ccc(C)cc3)c2=O)ccc1OCC(C)(C)OP(C)(=O)O. The maximum atomic E-state index is 13.1. The van der Waals surface area contributed by atoms with Crippen LogP contribution >= 0.6 is 19.4 Å². The summed E-state index contributed by atoms with van der Waals surface area (Å²) in [4.78, 5) is 27.7. The Balaban J connectivity index is 1.83. The molecule has 3 aromatic rings. The summed E-state index contributed by atoms with van der Waals surface area (Å²) in [5.41, 5.74) is 0.478. The Morgan fingerprint density at radius 1 is 1.15 bits per heavy atom. The molecule has 1 aromatic heterocycles. The highest BCUT2D eigenvalue weighted by atomic mass is 32.2. The zero-order chi connectivity index (χ0) is 24.2. The van der Waals surface area contributed by atoms with Crippen molar-refractivity contribution in [2.75, 3.05) is 20.4 Å². The largest absolute Gasteiger partial charge is 0.493 e. The van der Waals surface area contributed by atoms with Gasteiger partial charge in [0, 0.05) is 30.0 Å². The van der Waals surface area contributed by atoms with E-state index >= 15 is 0 Å². The van der Waals surface area contributed by atoms with Gasteiger partial charge in [0.2, 0.25) is 0 Å². The van der Waals surface area contributed by atoms with Gasteiger partial charge in [0.25, 0.3) is 5.56 Å². The van der Waals surface area contributed by atoms with Gasteiger partial charge in [-0.05, 0) is 45.0 Å². The van der Waals surface area contributed by atoms with Crippen LogP contribution in [0.5, 0.6) is 11.5 Å². The fourth-order valence-electron chi connectivity index (χ4n) is 3.05. The molecule has 176 valence electrons. The second-order valence-electron chi connectivity index (χ2n) is 8.10. The van der Waals surface area contributed by atoms with Crippen molar-refractivity contribution < 1.29 is 23.5 Å². The molecule has 1 atom stereocenters. The Bertz CT molecular complexity index is 1220. The Morgan fingerprint density at radius 3 is 2.48 bits per heavy atom. The molecule has 0 amide bonds. The van der Waals surface area contributed by atoms with Gasteiger partial charge in [-0.25, -0.2) is 4.98 Å². The second kappa shape index (κ2) is 10.1. The van der Waals surface area contributed by atoms with Crippen LogP contribution in [0.2, 0.25) is 0 Å². The lowest BCUT2D eigenvalue weighted by Gasteiger charge is -2.26. The molecule has 0 radical (unpaired) electrons. The van der Waals surface area contributed by atoms with Gasteiger partial charge in [0.1, 0.15) is 12.2 Å². The van der Waals surface area contributed by atoms with Crippen LogP contribution in [-0.2, 0) is 9.09 Å². The Labute approximate surface area is 197 Å². The monoisotopic (exact) mass is 490 g/mol.